The van der Waals surface area contributed by atoms with Gasteiger partial charge in [-0.25, -0.2) is 9.97 Å². The molecule has 0 N–H and O–H groups in total. The Hall–Kier alpha value is -2.22. The van der Waals surface area contributed by atoms with Crippen LogP contribution in [0.25, 0.3) is 22.3 Å². The van der Waals surface area contributed by atoms with Gasteiger partial charge in [0.2, 0.25) is 0 Å². The van der Waals surface area contributed by atoms with Crippen molar-refractivity contribution in [1.29, 1.82) is 0 Å². The van der Waals surface area contributed by atoms with E-state index >= 15 is 0 Å². The SMILES string of the molecule is Cc1cc(C)c2c(c1)CC(C)(C)c1nc3ccccc3nc1-2. The highest BCUT2D eigenvalue weighted by molar-refractivity contribution is 5.82. The Balaban J connectivity index is 2.12. The van der Waals surface area contributed by atoms with E-state index in [-0.39, 0.29) is 5.41 Å². The van der Waals surface area contributed by atoms with Gasteiger partial charge >= 0.3 is 0 Å². The van der Waals surface area contributed by atoms with Crippen molar-refractivity contribution in [2.24, 2.45) is 0 Å². The molecule has 0 spiro atoms. The summed E-state index contributed by atoms with van der Waals surface area (Å²) in [6.45, 7) is 8.90. The van der Waals surface area contributed by atoms with Crippen LogP contribution in [0.4, 0.5) is 0 Å². The molecule has 1 heterocycles. The molecule has 1 aliphatic carbocycles. The molecule has 4 rings (SSSR count). The molecule has 1 aliphatic rings. The van der Waals surface area contributed by atoms with Crippen LogP contribution in [0.1, 0.15) is 36.2 Å². The van der Waals surface area contributed by atoms with Crippen molar-refractivity contribution in [3.8, 4) is 11.3 Å². The van der Waals surface area contributed by atoms with Gasteiger partial charge < -0.3 is 0 Å². The van der Waals surface area contributed by atoms with Crippen LogP contribution in [0, 0.1) is 13.8 Å². The van der Waals surface area contributed by atoms with Crippen molar-refractivity contribution < 1.29 is 0 Å². The van der Waals surface area contributed by atoms with Gasteiger partial charge in [0.25, 0.3) is 0 Å². The highest BCUT2D eigenvalue weighted by Crippen LogP contribution is 2.43. The molecular formula is C20H20N2. The third-order valence-electron chi connectivity index (χ3n) is 4.64. The number of hydrogen-bond acceptors (Lipinski definition) is 2. The molecule has 0 fully saturated rings. The van der Waals surface area contributed by atoms with Gasteiger partial charge in [0.05, 0.1) is 22.4 Å². The van der Waals surface area contributed by atoms with Crippen LogP contribution >= 0.6 is 0 Å². The molecule has 0 amide bonds. The molecule has 110 valence electrons. The Morgan fingerprint density at radius 1 is 0.955 bits per heavy atom. The minimum atomic E-state index is 0.0135. The normalized spacial score (nSPS) is 15.5. The molecule has 2 nitrogen and oxygen atoms in total. The minimum Gasteiger partial charge on any atom is -0.248 e. The monoisotopic (exact) mass is 288 g/mol. The quantitative estimate of drug-likeness (QED) is 0.596. The van der Waals surface area contributed by atoms with Gasteiger partial charge in [-0.15, -0.1) is 0 Å². The van der Waals surface area contributed by atoms with Crippen molar-refractivity contribution in [2.45, 2.75) is 39.5 Å². The lowest BCUT2D eigenvalue weighted by Gasteiger charge is -2.33. The summed E-state index contributed by atoms with van der Waals surface area (Å²) in [4.78, 5) is 9.95. The van der Waals surface area contributed by atoms with Crippen molar-refractivity contribution in [2.75, 3.05) is 0 Å². The van der Waals surface area contributed by atoms with Crippen molar-refractivity contribution in [3.05, 3.63) is 58.8 Å². The fourth-order valence-corrected chi connectivity index (χ4v) is 3.74. The molecule has 1 aromatic heterocycles. The zero-order chi connectivity index (χ0) is 15.5. The molecule has 3 aromatic rings. The average Bonchev–Trinajstić information content (AvgIpc) is 2.44. The topological polar surface area (TPSA) is 25.8 Å². The summed E-state index contributed by atoms with van der Waals surface area (Å²) in [5.41, 5.74) is 9.50. The summed E-state index contributed by atoms with van der Waals surface area (Å²) in [7, 11) is 0. The number of aromatic nitrogens is 2. The summed E-state index contributed by atoms with van der Waals surface area (Å²) >= 11 is 0. The predicted molar refractivity (Wildman–Crippen MR) is 91.2 cm³/mol. The van der Waals surface area contributed by atoms with Crippen LogP contribution in [-0.4, -0.2) is 9.97 Å². The van der Waals surface area contributed by atoms with Crippen molar-refractivity contribution >= 4 is 11.0 Å². The van der Waals surface area contributed by atoms with Crippen LogP contribution < -0.4 is 0 Å². The molecule has 0 saturated heterocycles. The third-order valence-corrected chi connectivity index (χ3v) is 4.64. The molecule has 0 atom stereocenters. The van der Waals surface area contributed by atoms with E-state index in [1.807, 2.05) is 18.2 Å². The van der Waals surface area contributed by atoms with E-state index in [4.69, 9.17) is 9.97 Å². The van der Waals surface area contributed by atoms with E-state index in [9.17, 15) is 0 Å². The second kappa shape index (κ2) is 4.39. The maximum atomic E-state index is 4.98. The number of benzene rings is 2. The van der Waals surface area contributed by atoms with Crippen molar-refractivity contribution in [3.63, 3.8) is 0 Å². The van der Waals surface area contributed by atoms with Crippen LogP contribution in [0.2, 0.25) is 0 Å². The highest BCUT2D eigenvalue weighted by atomic mass is 14.9. The predicted octanol–water partition coefficient (Wildman–Crippen LogP) is 4.75. The summed E-state index contributed by atoms with van der Waals surface area (Å²) in [5.74, 6) is 0. The second-order valence-corrected chi connectivity index (χ2v) is 7.09. The van der Waals surface area contributed by atoms with Crippen LogP contribution in [0.15, 0.2) is 36.4 Å². The van der Waals surface area contributed by atoms with E-state index in [1.54, 1.807) is 0 Å². The number of fused-ring (bicyclic) bond motifs is 4. The third kappa shape index (κ3) is 1.87. The van der Waals surface area contributed by atoms with Gasteiger partial charge in [-0.1, -0.05) is 43.7 Å². The lowest BCUT2D eigenvalue weighted by molar-refractivity contribution is 0.499. The van der Waals surface area contributed by atoms with Gasteiger partial charge in [-0.2, -0.15) is 0 Å². The first-order chi connectivity index (χ1) is 10.5. The Bertz CT molecular complexity index is 907. The Morgan fingerprint density at radius 3 is 2.36 bits per heavy atom. The van der Waals surface area contributed by atoms with Crippen LogP contribution in [-0.2, 0) is 11.8 Å². The first kappa shape index (κ1) is 13.4. The summed E-state index contributed by atoms with van der Waals surface area (Å²) in [6, 6.07) is 12.7. The first-order valence-corrected chi connectivity index (χ1v) is 7.83. The van der Waals surface area contributed by atoms with Gasteiger partial charge in [0, 0.05) is 11.0 Å². The Kier molecular flexibility index (Phi) is 2.68. The molecular weight excluding hydrogens is 268 g/mol. The maximum Gasteiger partial charge on any atom is 0.0936 e. The lowest BCUT2D eigenvalue weighted by atomic mass is 9.73. The number of aryl methyl sites for hydroxylation is 2. The molecule has 0 aliphatic heterocycles. The van der Waals surface area contributed by atoms with Crippen molar-refractivity contribution in [1.82, 2.24) is 9.97 Å². The van der Waals surface area contributed by atoms with E-state index < -0.39 is 0 Å². The molecule has 0 saturated carbocycles. The summed E-state index contributed by atoms with van der Waals surface area (Å²) < 4.78 is 0. The van der Waals surface area contributed by atoms with Crippen LogP contribution in [0.3, 0.4) is 0 Å². The van der Waals surface area contributed by atoms with Crippen LogP contribution in [0.5, 0.6) is 0 Å². The standard InChI is InChI=1S/C20H20N2/c1-12-9-13(2)17-14(10-12)11-20(3,4)19-18(17)21-15-7-5-6-8-16(15)22-19/h5-10H,11H2,1-4H3. The van der Waals surface area contributed by atoms with E-state index in [1.165, 1.54) is 22.3 Å². The maximum absolute atomic E-state index is 4.98. The van der Waals surface area contributed by atoms with Gasteiger partial charge in [0.15, 0.2) is 0 Å². The zero-order valence-corrected chi connectivity index (χ0v) is 13.6. The molecule has 2 aromatic carbocycles. The molecule has 0 bridgehead atoms. The molecule has 0 radical (unpaired) electrons. The lowest BCUT2D eigenvalue weighted by Crippen LogP contribution is -2.28. The van der Waals surface area contributed by atoms with Gasteiger partial charge in [-0.3, -0.25) is 0 Å². The van der Waals surface area contributed by atoms with E-state index in [0.717, 1.165) is 28.8 Å². The largest absolute Gasteiger partial charge is 0.248 e. The fourth-order valence-electron chi connectivity index (χ4n) is 3.74. The van der Waals surface area contributed by atoms with E-state index in [2.05, 4.69) is 45.9 Å². The number of nitrogens with zero attached hydrogens (tertiary/aromatic N) is 2. The Morgan fingerprint density at radius 2 is 1.64 bits per heavy atom. The van der Waals surface area contributed by atoms with E-state index in [0.29, 0.717) is 0 Å². The average molecular weight is 288 g/mol. The van der Waals surface area contributed by atoms with Gasteiger partial charge in [0.1, 0.15) is 0 Å². The number of rotatable bonds is 0. The highest BCUT2D eigenvalue weighted by Gasteiger charge is 2.34. The zero-order valence-electron chi connectivity index (χ0n) is 13.6. The molecule has 2 heteroatoms. The second-order valence-electron chi connectivity index (χ2n) is 7.09. The minimum absolute atomic E-state index is 0.0135. The molecule has 22 heavy (non-hydrogen) atoms. The first-order valence-electron chi connectivity index (χ1n) is 7.83. The summed E-state index contributed by atoms with van der Waals surface area (Å²) in [5, 5.41) is 0. The van der Waals surface area contributed by atoms with Gasteiger partial charge in [-0.05, 0) is 43.5 Å². The molecule has 0 unspecified atom stereocenters. The Labute approximate surface area is 131 Å². The number of hydrogen-bond donors (Lipinski definition) is 0. The fraction of sp³-hybridized carbons (Fsp3) is 0.300. The summed E-state index contributed by atoms with van der Waals surface area (Å²) in [6.07, 6.45) is 1.02. The number of para-hydroxylation sites is 2. The smallest absolute Gasteiger partial charge is 0.0936 e.